The third kappa shape index (κ3) is 3.02. The number of hydrogen-bond donors (Lipinski definition) is 1. The molecule has 3 heterocycles. The number of sulfonamides is 1. The van der Waals surface area contributed by atoms with Crippen LogP contribution in [0.1, 0.15) is 5.69 Å². The van der Waals surface area contributed by atoms with Crippen LogP contribution < -0.4 is 4.72 Å². The topological polar surface area (TPSA) is 89.8 Å². The molecule has 0 unspecified atom stereocenters. The molecule has 0 atom stereocenters. The number of thioether (sulfide) groups is 1. The van der Waals surface area contributed by atoms with Crippen LogP contribution >= 0.6 is 11.8 Å². The van der Waals surface area contributed by atoms with Gasteiger partial charge in [0.15, 0.2) is 5.65 Å². The summed E-state index contributed by atoms with van der Waals surface area (Å²) in [5, 5.41) is 5.78. The summed E-state index contributed by atoms with van der Waals surface area (Å²) in [6.45, 7) is 1.82. The normalized spacial score (nSPS) is 11.8. The highest BCUT2D eigenvalue weighted by Gasteiger charge is 2.17. The molecule has 9 heteroatoms. The zero-order valence-corrected chi connectivity index (χ0v) is 14.4. The summed E-state index contributed by atoms with van der Waals surface area (Å²) in [5.74, 6) is 0. The van der Waals surface area contributed by atoms with Crippen molar-refractivity contribution in [1.82, 2.24) is 19.7 Å². The molecule has 0 aliphatic heterocycles. The van der Waals surface area contributed by atoms with E-state index in [2.05, 4.69) is 19.8 Å². The second-order valence-electron chi connectivity index (χ2n) is 4.95. The molecule has 23 heavy (non-hydrogen) atoms. The van der Waals surface area contributed by atoms with Gasteiger partial charge in [0, 0.05) is 18.6 Å². The van der Waals surface area contributed by atoms with Crippen LogP contribution in [0.25, 0.3) is 11.0 Å². The Morgan fingerprint density at radius 2 is 2.00 bits per heavy atom. The lowest BCUT2D eigenvalue weighted by molar-refractivity contribution is 0.601. The van der Waals surface area contributed by atoms with Crippen molar-refractivity contribution < 1.29 is 8.42 Å². The van der Waals surface area contributed by atoms with Gasteiger partial charge in [-0.2, -0.15) is 5.10 Å². The molecule has 0 saturated heterocycles. The first-order valence-electron chi connectivity index (χ1n) is 6.73. The summed E-state index contributed by atoms with van der Waals surface area (Å²) in [6.07, 6.45) is 4.73. The van der Waals surface area contributed by atoms with Crippen molar-refractivity contribution in [3.63, 3.8) is 0 Å². The minimum atomic E-state index is -3.73. The Hall–Kier alpha value is -2.13. The van der Waals surface area contributed by atoms with Crippen molar-refractivity contribution in [3.05, 3.63) is 36.3 Å². The maximum Gasteiger partial charge on any atom is 0.263 e. The molecule has 0 radical (unpaired) electrons. The average Bonchev–Trinajstić information content (AvgIpc) is 2.82. The van der Waals surface area contributed by atoms with Gasteiger partial charge in [-0.25, -0.2) is 18.4 Å². The molecule has 3 aromatic heterocycles. The van der Waals surface area contributed by atoms with Crippen molar-refractivity contribution in [2.45, 2.75) is 16.8 Å². The standard InChI is InChI=1S/C14H15N5O2S2/c1-9-12-6-11(8-16-14(12)19(2)17-9)23(20,21)18-10-4-5-13(22-3)15-7-10/h4-8,18H,1-3H3. The summed E-state index contributed by atoms with van der Waals surface area (Å²) in [6, 6.07) is 5.02. The lowest BCUT2D eigenvalue weighted by Gasteiger charge is -2.08. The van der Waals surface area contributed by atoms with Gasteiger partial charge in [-0.3, -0.25) is 9.40 Å². The fourth-order valence-electron chi connectivity index (χ4n) is 2.21. The number of pyridine rings is 2. The number of anilines is 1. The lowest BCUT2D eigenvalue weighted by atomic mass is 10.3. The number of aromatic nitrogens is 4. The van der Waals surface area contributed by atoms with Crippen LogP contribution in [0.2, 0.25) is 0 Å². The summed E-state index contributed by atoms with van der Waals surface area (Å²) >= 11 is 1.49. The smallest absolute Gasteiger partial charge is 0.263 e. The van der Waals surface area contributed by atoms with Gasteiger partial charge < -0.3 is 0 Å². The third-order valence-corrected chi connectivity index (χ3v) is 5.35. The molecule has 0 aliphatic rings. The number of hydrogen-bond acceptors (Lipinski definition) is 6. The van der Waals surface area contributed by atoms with E-state index in [0.717, 1.165) is 10.7 Å². The Morgan fingerprint density at radius 3 is 2.65 bits per heavy atom. The van der Waals surface area contributed by atoms with Gasteiger partial charge in [0.1, 0.15) is 4.90 Å². The Labute approximate surface area is 138 Å². The first kappa shape index (κ1) is 15.8. The molecule has 120 valence electrons. The summed E-state index contributed by atoms with van der Waals surface area (Å²) < 4.78 is 29.1. The second kappa shape index (κ2) is 5.82. The Bertz CT molecular complexity index is 965. The van der Waals surface area contributed by atoms with E-state index in [1.807, 2.05) is 13.2 Å². The molecular formula is C14H15N5O2S2. The predicted octanol–water partition coefficient (Wildman–Crippen LogP) is 2.19. The molecule has 0 bridgehead atoms. The molecule has 0 aliphatic carbocycles. The number of nitrogens with zero attached hydrogens (tertiary/aromatic N) is 4. The minimum absolute atomic E-state index is 0.0926. The molecule has 0 amide bonds. The lowest BCUT2D eigenvalue weighted by Crippen LogP contribution is -2.13. The molecule has 3 rings (SSSR count). The molecule has 7 nitrogen and oxygen atoms in total. The van der Waals surface area contributed by atoms with E-state index in [1.54, 1.807) is 29.9 Å². The first-order valence-corrected chi connectivity index (χ1v) is 9.44. The fraction of sp³-hybridized carbons (Fsp3) is 0.214. The zero-order valence-electron chi connectivity index (χ0n) is 12.8. The monoisotopic (exact) mass is 349 g/mol. The van der Waals surface area contributed by atoms with Crippen LogP contribution in [0.15, 0.2) is 40.5 Å². The van der Waals surface area contributed by atoms with Gasteiger partial charge in [-0.05, 0) is 31.4 Å². The van der Waals surface area contributed by atoms with Gasteiger partial charge >= 0.3 is 0 Å². The Balaban J connectivity index is 1.96. The number of aryl methyl sites for hydroxylation is 2. The predicted molar refractivity (Wildman–Crippen MR) is 90.1 cm³/mol. The molecular weight excluding hydrogens is 334 g/mol. The minimum Gasteiger partial charge on any atom is -0.278 e. The third-order valence-electron chi connectivity index (χ3n) is 3.35. The maximum absolute atomic E-state index is 12.5. The van der Waals surface area contributed by atoms with Gasteiger partial charge in [-0.15, -0.1) is 11.8 Å². The van der Waals surface area contributed by atoms with E-state index in [4.69, 9.17) is 0 Å². The summed E-state index contributed by atoms with van der Waals surface area (Å²) in [7, 11) is -1.96. The first-order chi connectivity index (χ1) is 10.9. The van der Waals surface area contributed by atoms with Gasteiger partial charge in [0.25, 0.3) is 10.0 Å². The van der Waals surface area contributed by atoms with Gasteiger partial charge in [0.2, 0.25) is 0 Å². The van der Waals surface area contributed by atoms with E-state index in [0.29, 0.717) is 16.7 Å². The van der Waals surface area contributed by atoms with Gasteiger partial charge in [0.05, 0.1) is 22.6 Å². The Kier molecular flexibility index (Phi) is 3.99. The van der Waals surface area contributed by atoms with E-state index >= 15 is 0 Å². The van der Waals surface area contributed by atoms with Crippen LogP contribution in [0, 0.1) is 6.92 Å². The largest absolute Gasteiger partial charge is 0.278 e. The summed E-state index contributed by atoms with van der Waals surface area (Å²) in [4.78, 5) is 8.44. The van der Waals surface area contributed by atoms with E-state index < -0.39 is 10.0 Å². The number of rotatable bonds is 4. The highest BCUT2D eigenvalue weighted by Crippen LogP contribution is 2.22. The molecule has 0 spiro atoms. The summed E-state index contributed by atoms with van der Waals surface area (Å²) in [5.41, 5.74) is 1.79. The number of nitrogens with one attached hydrogen (secondary N) is 1. The number of fused-ring (bicyclic) bond motifs is 1. The van der Waals surface area contributed by atoms with Crippen molar-refractivity contribution >= 4 is 38.5 Å². The highest BCUT2D eigenvalue weighted by atomic mass is 32.2. The Morgan fingerprint density at radius 1 is 1.22 bits per heavy atom. The molecule has 3 aromatic rings. The van der Waals surface area contributed by atoms with Crippen LogP contribution in [0.3, 0.4) is 0 Å². The van der Waals surface area contributed by atoms with E-state index in [-0.39, 0.29) is 4.90 Å². The highest BCUT2D eigenvalue weighted by molar-refractivity contribution is 7.98. The quantitative estimate of drug-likeness (QED) is 0.726. The van der Waals surface area contributed by atoms with Crippen LogP contribution in [0.5, 0.6) is 0 Å². The average molecular weight is 349 g/mol. The van der Waals surface area contributed by atoms with Crippen LogP contribution in [-0.2, 0) is 17.1 Å². The zero-order chi connectivity index (χ0) is 16.6. The van der Waals surface area contributed by atoms with Crippen molar-refractivity contribution in [2.24, 2.45) is 7.05 Å². The molecule has 0 fully saturated rings. The molecule has 0 saturated carbocycles. The van der Waals surface area contributed by atoms with Crippen molar-refractivity contribution in [3.8, 4) is 0 Å². The van der Waals surface area contributed by atoms with Crippen LogP contribution in [0.4, 0.5) is 5.69 Å². The maximum atomic E-state index is 12.5. The van der Waals surface area contributed by atoms with Crippen molar-refractivity contribution in [2.75, 3.05) is 11.0 Å². The van der Waals surface area contributed by atoms with Crippen LogP contribution in [-0.4, -0.2) is 34.4 Å². The molecule has 0 aromatic carbocycles. The van der Waals surface area contributed by atoms with Gasteiger partial charge in [-0.1, -0.05) is 0 Å². The van der Waals surface area contributed by atoms with Crippen molar-refractivity contribution in [1.29, 1.82) is 0 Å². The molecule has 1 N–H and O–H groups in total. The van der Waals surface area contributed by atoms with E-state index in [9.17, 15) is 8.42 Å². The SMILES string of the molecule is CSc1ccc(NS(=O)(=O)c2cnc3c(c2)c(C)nn3C)cn1. The second-order valence-corrected chi connectivity index (χ2v) is 7.45. The van der Waals surface area contributed by atoms with E-state index in [1.165, 1.54) is 24.2 Å². The fourth-order valence-corrected chi connectivity index (χ4v) is 3.59.